The number of amides is 1. The summed E-state index contributed by atoms with van der Waals surface area (Å²) in [6, 6.07) is 0. The third kappa shape index (κ3) is 3.08. The molecule has 0 aliphatic rings. The first-order valence-electron chi connectivity index (χ1n) is 2.79. The number of nitrogens with one attached hydrogen (secondary N) is 1. The van der Waals surface area contributed by atoms with Gasteiger partial charge in [0.15, 0.2) is 0 Å². The van der Waals surface area contributed by atoms with Crippen molar-refractivity contribution in [3.63, 3.8) is 0 Å². The Morgan fingerprint density at radius 2 is 2.11 bits per heavy atom. The normalized spacial score (nSPS) is 11.1. The van der Waals surface area contributed by atoms with Crippen LogP contribution >= 0.6 is 0 Å². The Balaban J connectivity index is 3.74. The highest BCUT2D eigenvalue weighted by Crippen LogP contribution is 1.99. The third-order valence-electron chi connectivity index (χ3n) is 0.831. The largest absolute Gasteiger partial charge is 0.381 e. The molecule has 0 aromatic heterocycles. The van der Waals surface area contributed by atoms with Gasteiger partial charge < -0.3 is 10.4 Å². The van der Waals surface area contributed by atoms with Crippen LogP contribution in [-0.2, 0) is 4.79 Å². The minimum atomic E-state index is -1.27. The van der Waals surface area contributed by atoms with Gasteiger partial charge in [0.1, 0.15) is 5.60 Å². The van der Waals surface area contributed by atoms with E-state index in [0.29, 0.717) is 0 Å². The predicted molar refractivity (Wildman–Crippen MR) is 34.4 cm³/mol. The van der Waals surface area contributed by atoms with Gasteiger partial charge in [-0.3, -0.25) is 4.79 Å². The van der Waals surface area contributed by atoms with E-state index in [0.717, 1.165) is 0 Å². The van der Waals surface area contributed by atoms with Crippen LogP contribution in [0.3, 0.4) is 0 Å². The molecule has 0 aromatic rings. The monoisotopic (exact) mass is 130 g/mol. The van der Waals surface area contributed by atoms with Crippen LogP contribution in [-0.4, -0.2) is 16.6 Å². The number of hydrogen-bond acceptors (Lipinski definition) is 2. The molecule has 0 heterocycles. The highest BCUT2D eigenvalue weighted by Gasteiger charge is 2.22. The van der Waals surface area contributed by atoms with E-state index in [-0.39, 0.29) is 5.91 Å². The van der Waals surface area contributed by atoms with E-state index >= 15 is 0 Å². The maximum atomic E-state index is 10.7. The van der Waals surface area contributed by atoms with Crippen LogP contribution < -0.4 is 5.32 Å². The zero-order chi connectivity index (χ0) is 7.49. The Labute approximate surface area is 55.1 Å². The van der Waals surface area contributed by atoms with E-state index in [9.17, 15) is 4.79 Å². The first kappa shape index (κ1) is 8.43. The van der Waals surface area contributed by atoms with Crippen molar-refractivity contribution in [3.05, 3.63) is 6.54 Å². The molecule has 9 heavy (non-hydrogen) atoms. The van der Waals surface area contributed by atoms with Crippen molar-refractivity contribution < 1.29 is 9.90 Å². The van der Waals surface area contributed by atoms with E-state index < -0.39 is 5.60 Å². The highest BCUT2D eigenvalue weighted by molar-refractivity contribution is 5.84. The van der Waals surface area contributed by atoms with Crippen LogP contribution in [0.2, 0.25) is 0 Å². The second-order valence-corrected chi connectivity index (χ2v) is 2.32. The van der Waals surface area contributed by atoms with Gasteiger partial charge in [-0.1, -0.05) is 0 Å². The lowest BCUT2D eigenvalue weighted by atomic mass is 10.1. The third-order valence-corrected chi connectivity index (χ3v) is 0.831. The van der Waals surface area contributed by atoms with Crippen LogP contribution in [0.1, 0.15) is 20.8 Å². The van der Waals surface area contributed by atoms with Crippen molar-refractivity contribution >= 4 is 5.91 Å². The van der Waals surface area contributed by atoms with Gasteiger partial charge in [-0.15, -0.1) is 0 Å². The molecular weight excluding hydrogens is 118 g/mol. The Morgan fingerprint density at radius 3 is 2.22 bits per heavy atom. The quantitative estimate of drug-likeness (QED) is 0.555. The van der Waals surface area contributed by atoms with Crippen molar-refractivity contribution in [2.45, 2.75) is 26.4 Å². The van der Waals surface area contributed by atoms with Gasteiger partial charge in [-0.2, -0.15) is 0 Å². The predicted octanol–water partition coefficient (Wildman–Crippen LogP) is 0.0552. The molecule has 0 aliphatic carbocycles. The average molecular weight is 130 g/mol. The fourth-order valence-electron chi connectivity index (χ4n) is 0.308. The summed E-state index contributed by atoms with van der Waals surface area (Å²) in [7, 11) is 0. The Kier molecular flexibility index (Phi) is 2.65. The van der Waals surface area contributed by atoms with E-state index in [1.54, 1.807) is 6.92 Å². The molecule has 0 aliphatic heterocycles. The molecule has 0 saturated heterocycles. The van der Waals surface area contributed by atoms with Gasteiger partial charge in [0.2, 0.25) is 0 Å². The first-order chi connectivity index (χ1) is 3.98. The van der Waals surface area contributed by atoms with Crippen molar-refractivity contribution in [2.75, 3.05) is 0 Å². The Morgan fingerprint density at radius 1 is 1.67 bits per heavy atom. The van der Waals surface area contributed by atoms with Crippen molar-refractivity contribution in [1.29, 1.82) is 0 Å². The SMILES string of the molecule is C[CH]NC(=O)C(C)(C)O. The summed E-state index contributed by atoms with van der Waals surface area (Å²) in [5.74, 6) is -0.384. The zero-order valence-corrected chi connectivity index (χ0v) is 5.93. The van der Waals surface area contributed by atoms with Crippen LogP contribution in [0.4, 0.5) is 0 Å². The number of carbonyl (C=O) groups excluding carboxylic acids is 1. The topological polar surface area (TPSA) is 49.3 Å². The molecule has 1 radical (unpaired) electrons. The average Bonchev–Trinajstić information content (AvgIpc) is 1.64. The number of hydrogen-bond donors (Lipinski definition) is 2. The lowest BCUT2D eigenvalue weighted by Gasteiger charge is -2.14. The molecule has 0 bridgehead atoms. The van der Waals surface area contributed by atoms with Gasteiger partial charge in [0.05, 0.1) is 0 Å². The molecule has 1 amide bonds. The molecule has 2 N–H and O–H groups in total. The van der Waals surface area contributed by atoms with E-state index in [1.807, 2.05) is 0 Å². The number of carbonyl (C=O) groups is 1. The molecule has 3 nitrogen and oxygen atoms in total. The van der Waals surface area contributed by atoms with Crippen LogP contribution in [0, 0.1) is 6.54 Å². The minimum absolute atomic E-state index is 0.384. The maximum Gasteiger partial charge on any atom is 0.251 e. The van der Waals surface area contributed by atoms with Gasteiger partial charge in [-0.05, 0) is 20.8 Å². The van der Waals surface area contributed by atoms with Crippen molar-refractivity contribution in [1.82, 2.24) is 5.32 Å². The first-order valence-corrected chi connectivity index (χ1v) is 2.79. The van der Waals surface area contributed by atoms with Crippen molar-refractivity contribution in [3.8, 4) is 0 Å². The molecule has 0 fully saturated rings. The van der Waals surface area contributed by atoms with E-state index in [2.05, 4.69) is 5.32 Å². The highest BCUT2D eigenvalue weighted by atomic mass is 16.3. The fourth-order valence-corrected chi connectivity index (χ4v) is 0.308. The molecule has 0 unspecified atom stereocenters. The maximum absolute atomic E-state index is 10.7. The van der Waals surface area contributed by atoms with Crippen LogP contribution in [0.25, 0.3) is 0 Å². The van der Waals surface area contributed by atoms with E-state index in [1.165, 1.54) is 20.4 Å². The molecule has 0 aromatic carbocycles. The van der Waals surface area contributed by atoms with E-state index in [4.69, 9.17) is 5.11 Å². The smallest absolute Gasteiger partial charge is 0.251 e. The molecule has 3 heteroatoms. The molecule has 0 saturated carbocycles. The summed E-state index contributed by atoms with van der Waals surface area (Å²) in [5.41, 5.74) is -1.27. The summed E-state index contributed by atoms with van der Waals surface area (Å²) in [5, 5.41) is 11.4. The van der Waals surface area contributed by atoms with Gasteiger partial charge in [-0.25, -0.2) is 0 Å². The van der Waals surface area contributed by atoms with Gasteiger partial charge in [0.25, 0.3) is 5.91 Å². The molecule has 0 atom stereocenters. The lowest BCUT2D eigenvalue weighted by molar-refractivity contribution is -0.135. The molecule has 53 valence electrons. The lowest BCUT2D eigenvalue weighted by Crippen LogP contribution is -2.40. The molecule has 0 spiro atoms. The van der Waals surface area contributed by atoms with Gasteiger partial charge >= 0.3 is 0 Å². The summed E-state index contributed by atoms with van der Waals surface area (Å²) in [4.78, 5) is 10.7. The minimum Gasteiger partial charge on any atom is -0.381 e. The van der Waals surface area contributed by atoms with Gasteiger partial charge in [0, 0.05) is 6.54 Å². The number of aliphatic hydroxyl groups is 1. The van der Waals surface area contributed by atoms with Crippen molar-refractivity contribution in [2.24, 2.45) is 0 Å². The number of rotatable bonds is 2. The Hall–Kier alpha value is -0.570. The standard InChI is InChI=1S/C6H12NO2/c1-4-7-5(8)6(2,3)9/h4,9H,1-3H3,(H,7,8). The zero-order valence-electron chi connectivity index (χ0n) is 5.93. The summed E-state index contributed by atoms with van der Waals surface area (Å²) in [6.07, 6.45) is 0. The fraction of sp³-hybridized carbons (Fsp3) is 0.667. The molecular formula is C6H12NO2. The summed E-state index contributed by atoms with van der Waals surface area (Å²) < 4.78 is 0. The van der Waals surface area contributed by atoms with Crippen LogP contribution in [0.5, 0.6) is 0 Å². The Bertz CT molecular complexity index is 104. The molecule has 0 rings (SSSR count). The summed E-state index contributed by atoms with van der Waals surface area (Å²) in [6.45, 7) is 6.04. The van der Waals surface area contributed by atoms with Crippen LogP contribution in [0.15, 0.2) is 0 Å². The summed E-state index contributed by atoms with van der Waals surface area (Å²) >= 11 is 0. The second-order valence-electron chi connectivity index (χ2n) is 2.32. The second kappa shape index (κ2) is 2.82.